The number of hydrogen-bond donors (Lipinski definition) is 3. The summed E-state index contributed by atoms with van der Waals surface area (Å²) in [5, 5.41) is 4.91. The molecule has 0 bridgehead atoms. The molecule has 0 saturated heterocycles. The number of urea groups is 1. The molecule has 10 heteroatoms. The van der Waals surface area contributed by atoms with E-state index < -0.39 is 27.8 Å². The average molecular weight is 427 g/mol. The SMILES string of the molecule is O=C(Nc1ccc(C(F)(F)F)cc1)Nc1ccc(S(=O)(=O)NC2CCCC2)cc1. The van der Waals surface area contributed by atoms with Crippen LogP contribution in [0.1, 0.15) is 31.2 Å². The second-order valence-electron chi connectivity index (χ2n) is 6.78. The van der Waals surface area contributed by atoms with E-state index in [1.165, 1.54) is 24.3 Å². The minimum atomic E-state index is -4.45. The van der Waals surface area contributed by atoms with Gasteiger partial charge in [-0.15, -0.1) is 0 Å². The molecule has 0 heterocycles. The molecule has 2 amide bonds. The molecule has 0 spiro atoms. The molecule has 0 aromatic heterocycles. The number of carbonyl (C=O) groups excluding carboxylic acids is 1. The highest BCUT2D eigenvalue weighted by molar-refractivity contribution is 7.89. The molecular weight excluding hydrogens is 407 g/mol. The van der Waals surface area contributed by atoms with Gasteiger partial charge in [-0.2, -0.15) is 13.2 Å². The smallest absolute Gasteiger partial charge is 0.308 e. The third-order valence-electron chi connectivity index (χ3n) is 4.57. The molecule has 1 aliphatic rings. The van der Waals surface area contributed by atoms with E-state index in [-0.39, 0.29) is 16.6 Å². The number of nitrogens with one attached hydrogen (secondary N) is 3. The number of halogens is 3. The Labute approximate surface area is 166 Å². The molecule has 1 saturated carbocycles. The van der Waals surface area contributed by atoms with Crippen molar-refractivity contribution in [2.45, 2.75) is 42.8 Å². The number of anilines is 2. The number of hydrogen-bond acceptors (Lipinski definition) is 3. The molecule has 6 nitrogen and oxygen atoms in total. The Morgan fingerprint density at radius 1 is 0.862 bits per heavy atom. The van der Waals surface area contributed by atoms with Gasteiger partial charge in [-0.05, 0) is 61.4 Å². The van der Waals surface area contributed by atoms with Crippen LogP contribution in [0.5, 0.6) is 0 Å². The van der Waals surface area contributed by atoms with Gasteiger partial charge in [-0.25, -0.2) is 17.9 Å². The van der Waals surface area contributed by atoms with E-state index in [9.17, 15) is 26.4 Å². The molecule has 3 N–H and O–H groups in total. The number of rotatable bonds is 5. The summed E-state index contributed by atoms with van der Waals surface area (Å²) in [6, 6.07) is 8.96. The summed E-state index contributed by atoms with van der Waals surface area (Å²) < 4.78 is 65.1. The molecule has 0 radical (unpaired) electrons. The van der Waals surface area contributed by atoms with Crippen molar-refractivity contribution in [1.82, 2.24) is 4.72 Å². The molecule has 0 aliphatic heterocycles. The number of amides is 2. The van der Waals surface area contributed by atoms with Crippen LogP contribution in [0.25, 0.3) is 0 Å². The van der Waals surface area contributed by atoms with Crippen molar-refractivity contribution < 1.29 is 26.4 Å². The van der Waals surface area contributed by atoms with Gasteiger partial charge in [0.15, 0.2) is 0 Å². The third kappa shape index (κ3) is 5.70. The highest BCUT2D eigenvalue weighted by Crippen LogP contribution is 2.29. The zero-order chi connectivity index (χ0) is 21.1. The van der Waals surface area contributed by atoms with Crippen LogP contribution in [0.15, 0.2) is 53.4 Å². The van der Waals surface area contributed by atoms with Gasteiger partial charge in [0.2, 0.25) is 10.0 Å². The van der Waals surface area contributed by atoms with Gasteiger partial charge in [-0.1, -0.05) is 12.8 Å². The summed E-state index contributed by atoms with van der Waals surface area (Å²) >= 11 is 0. The maximum atomic E-state index is 12.6. The maximum Gasteiger partial charge on any atom is 0.416 e. The molecule has 0 atom stereocenters. The van der Waals surface area contributed by atoms with E-state index in [0.29, 0.717) is 5.69 Å². The molecule has 2 aromatic carbocycles. The number of alkyl halides is 3. The highest BCUT2D eigenvalue weighted by Gasteiger charge is 2.30. The van der Waals surface area contributed by atoms with Crippen molar-refractivity contribution in [3.8, 4) is 0 Å². The Morgan fingerprint density at radius 2 is 1.34 bits per heavy atom. The van der Waals surface area contributed by atoms with E-state index in [2.05, 4.69) is 15.4 Å². The highest BCUT2D eigenvalue weighted by atomic mass is 32.2. The van der Waals surface area contributed by atoms with Gasteiger partial charge in [0, 0.05) is 17.4 Å². The molecule has 0 unspecified atom stereocenters. The van der Waals surface area contributed by atoms with E-state index in [1.807, 2.05) is 0 Å². The third-order valence-corrected chi connectivity index (χ3v) is 6.11. The zero-order valence-corrected chi connectivity index (χ0v) is 16.1. The molecular formula is C19H20F3N3O3S. The van der Waals surface area contributed by atoms with E-state index in [0.717, 1.165) is 49.9 Å². The van der Waals surface area contributed by atoms with Gasteiger partial charge in [0.1, 0.15) is 0 Å². The van der Waals surface area contributed by atoms with Crippen LogP contribution in [-0.2, 0) is 16.2 Å². The number of benzene rings is 2. The molecule has 1 fully saturated rings. The lowest BCUT2D eigenvalue weighted by Gasteiger charge is -2.13. The fourth-order valence-electron chi connectivity index (χ4n) is 3.08. The van der Waals surface area contributed by atoms with Crippen molar-refractivity contribution in [3.05, 3.63) is 54.1 Å². The van der Waals surface area contributed by atoms with Crippen molar-refractivity contribution in [1.29, 1.82) is 0 Å². The summed E-state index contributed by atoms with van der Waals surface area (Å²) in [6.07, 6.45) is -0.796. The van der Waals surface area contributed by atoms with Crippen LogP contribution in [0.2, 0.25) is 0 Å². The summed E-state index contributed by atoms with van der Waals surface area (Å²) in [4.78, 5) is 12.1. The quantitative estimate of drug-likeness (QED) is 0.653. The Hall–Kier alpha value is -2.59. The van der Waals surface area contributed by atoms with Gasteiger partial charge >= 0.3 is 12.2 Å². The van der Waals surface area contributed by atoms with Crippen LogP contribution in [0.3, 0.4) is 0 Å². The Bertz CT molecular complexity index is 953. The monoisotopic (exact) mass is 427 g/mol. The zero-order valence-electron chi connectivity index (χ0n) is 15.3. The van der Waals surface area contributed by atoms with E-state index >= 15 is 0 Å². The van der Waals surface area contributed by atoms with Gasteiger partial charge in [0.05, 0.1) is 10.5 Å². The van der Waals surface area contributed by atoms with Crippen LogP contribution in [0.4, 0.5) is 29.3 Å². The Balaban J connectivity index is 1.58. The maximum absolute atomic E-state index is 12.6. The fraction of sp³-hybridized carbons (Fsp3) is 0.316. The average Bonchev–Trinajstić information content (AvgIpc) is 3.14. The standard InChI is InChI=1S/C19H20F3N3O3S/c20-19(21,22)13-5-7-14(8-6-13)23-18(26)24-15-9-11-17(12-10-15)29(27,28)25-16-3-1-2-4-16/h5-12,16,25H,1-4H2,(H2,23,24,26). The lowest BCUT2D eigenvalue weighted by molar-refractivity contribution is -0.137. The van der Waals surface area contributed by atoms with Crippen LogP contribution < -0.4 is 15.4 Å². The first-order valence-corrected chi connectivity index (χ1v) is 10.5. The van der Waals surface area contributed by atoms with Crippen LogP contribution >= 0.6 is 0 Å². The summed E-state index contributed by atoms with van der Waals surface area (Å²) in [6.45, 7) is 0. The summed E-state index contributed by atoms with van der Waals surface area (Å²) in [5.41, 5.74) is -0.281. The Morgan fingerprint density at radius 3 is 1.83 bits per heavy atom. The number of sulfonamides is 1. The first-order chi connectivity index (χ1) is 13.6. The predicted molar refractivity (Wildman–Crippen MR) is 103 cm³/mol. The largest absolute Gasteiger partial charge is 0.416 e. The van der Waals surface area contributed by atoms with Crippen molar-refractivity contribution >= 4 is 27.4 Å². The number of carbonyl (C=O) groups is 1. The topological polar surface area (TPSA) is 87.3 Å². The normalized spacial score (nSPS) is 15.3. The molecule has 156 valence electrons. The predicted octanol–water partition coefficient (Wildman–Crippen LogP) is 4.57. The molecule has 1 aliphatic carbocycles. The minimum Gasteiger partial charge on any atom is -0.308 e. The van der Waals surface area contributed by atoms with Crippen molar-refractivity contribution in [3.63, 3.8) is 0 Å². The first-order valence-electron chi connectivity index (χ1n) is 9.01. The van der Waals surface area contributed by atoms with Crippen molar-refractivity contribution in [2.24, 2.45) is 0 Å². The molecule has 29 heavy (non-hydrogen) atoms. The van der Waals surface area contributed by atoms with Gasteiger partial charge in [-0.3, -0.25) is 0 Å². The molecule has 2 aromatic rings. The second kappa shape index (κ2) is 8.42. The van der Waals surface area contributed by atoms with Crippen LogP contribution in [0, 0.1) is 0 Å². The van der Waals surface area contributed by atoms with Gasteiger partial charge < -0.3 is 10.6 Å². The van der Waals surface area contributed by atoms with Crippen molar-refractivity contribution in [2.75, 3.05) is 10.6 Å². The summed E-state index contributed by atoms with van der Waals surface area (Å²) in [7, 11) is -3.62. The molecule has 3 rings (SSSR count). The Kier molecular flexibility index (Phi) is 6.13. The van der Waals surface area contributed by atoms with E-state index in [4.69, 9.17) is 0 Å². The first kappa shape index (κ1) is 21.1. The van der Waals surface area contributed by atoms with E-state index in [1.54, 1.807) is 0 Å². The minimum absolute atomic E-state index is 0.0488. The summed E-state index contributed by atoms with van der Waals surface area (Å²) in [5.74, 6) is 0. The lowest BCUT2D eigenvalue weighted by atomic mass is 10.2. The second-order valence-corrected chi connectivity index (χ2v) is 8.50. The van der Waals surface area contributed by atoms with Gasteiger partial charge in [0.25, 0.3) is 0 Å². The fourth-order valence-corrected chi connectivity index (χ4v) is 4.39. The lowest BCUT2D eigenvalue weighted by Crippen LogP contribution is -2.32. The van der Waals surface area contributed by atoms with Crippen LogP contribution in [-0.4, -0.2) is 20.5 Å².